The van der Waals surface area contributed by atoms with Crippen LogP contribution in [0.5, 0.6) is 0 Å². The summed E-state index contributed by atoms with van der Waals surface area (Å²) in [4.78, 5) is 0. The van der Waals surface area contributed by atoms with E-state index in [4.69, 9.17) is 23.4 Å². The van der Waals surface area contributed by atoms with E-state index in [1.165, 1.54) is 0 Å². The molecule has 0 bridgehead atoms. The van der Waals surface area contributed by atoms with E-state index in [1.807, 2.05) is 13.8 Å². The van der Waals surface area contributed by atoms with Gasteiger partial charge in [-0.2, -0.15) is 0 Å². The smallest absolute Gasteiger partial charge is 0.195 e. The summed E-state index contributed by atoms with van der Waals surface area (Å²) >= 11 is 0. The van der Waals surface area contributed by atoms with Crippen molar-refractivity contribution < 1.29 is 23.4 Å². The van der Waals surface area contributed by atoms with Crippen molar-refractivity contribution >= 4 is 8.32 Å². The molecule has 6 heteroatoms. The average Bonchev–Trinajstić information content (AvgIpc) is 2.94. The molecule has 3 aliphatic heterocycles. The summed E-state index contributed by atoms with van der Waals surface area (Å²) in [7, 11) is -0.00949. The highest BCUT2D eigenvalue weighted by Gasteiger charge is 2.61. The van der Waals surface area contributed by atoms with Crippen LogP contribution in [0.1, 0.15) is 27.7 Å². The maximum Gasteiger partial charge on any atom is 0.195 e. The Morgan fingerprint density at radius 3 is 2.35 bits per heavy atom. The second kappa shape index (κ2) is 5.03. The van der Waals surface area contributed by atoms with Crippen LogP contribution in [0.4, 0.5) is 0 Å². The van der Waals surface area contributed by atoms with Crippen molar-refractivity contribution in [3.05, 3.63) is 0 Å². The lowest BCUT2D eigenvalue weighted by atomic mass is 10.0. The van der Waals surface area contributed by atoms with E-state index in [2.05, 4.69) is 13.8 Å². The van der Waals surface area contributed by atoms with Crippen molar-refractivity contribution in [3.8, 4) is 0 Å². The first-order valence-corrected chi connectivity index (χ1v) is 10.2. The Kier molecular flexibility index (Phi) is 3.76. The molecule has 20 heavy (non-hydrogen) atoms. The van der Waals surface area contributed by atoms with Gasteiger partial charge in [0.2, 0.25) is 0 Å². The molecular formula is C14H26O5Si. The van der Waals surface area contributed by atoms with Crippen LogP contribution >= 0.6 is 0 Å². The van der Waals surface area contributed by atoms with Gasteiger partial charge in [0, 0.05) is 7.11 Å². The standard InChI is InChI=1S/C14H26O5Si/c1-6-20(7-2)8-9-10(19-20)11-12(13(15-5)16-9)18-14(3,4)17-11/h9-13H,6-8H2,1-5H3/t9?,10-,11?,12?,13+/m0/s1. The molecule has 3 unspecified atom stereocenters. The highest BCUT2D eigenvalue weighted by atomic mass is 28.4. The number of ether oxygens (including phenoxy) is 4. The summed E-state index contributed by atoms with van der Waals surface area (Å²) in [6, 6.07) is 3.29. The molecule has 0 aromatic heterocycles. The van der Waals surface area contributed by atoms with Gasteiger partial charge in [0.25, 0.3) is 0 Å². The normalized spacial score (nSPS) is 45.1. The third-order valence-electron chi connectivity index (χ3n) is 4.91. The molecule has 3 aliphatic rings. The minimum Gasteiger partial charge on any atom is -0.408 e. The predicted molar refractivity (Wildman–Crippen MR) is 75.9 cm³/mol. The molecule has 0 N–H and O–H groups in total. The summed E-state index contributed by atoms with van der Waals surface area (Å²) in [5.41, 5.74) is 0. The second-order valence-corrected chi connectivity index (χ2v) is 10.9. The minimum absolute atomic E-state index is 0.000239. The first-order valence-electron chi connectivity index (χ1n) is 7.65. The van der Waals surface area contributed by atoms with Gasteiger partial charge >= 0.3 is 0 Å². The zero-order chi connectivity index (χ0) is 14.5. The number of hydrogen-bond acceptors (Lipinski definition) is 5. The Morgan fingerprint density at radius 2 is 1.75 bits per heavy atom. The lowest BCUT2D eigenvalue weighted by molar-refractivity contribution is -0.253. The van der Waals surface area contributed by atoms with Gasteiger partial charge < -0.3 is 23.4 Å². The van der Waals surface area contributed by atoms with Crippen LogP contribution in [0.3, 0.4) is 0 Å². The maximum absolute atomic E-state index is 6.50. The fourth-order valence-corrected chi connectivity index (χ4v) is 7.16. The molecule has 0 radical (unpaired) electrons. The van der Waals surface area contributed by atoms with Crippen LogP contribution in [0.2, 0.25) is 18.1 Å². The Morgan fingerprint density at radius 1 is 1.10 bits per heavy atom. The summed E-state index contributed by atoms with van der Waals surface area (Å²) < 4.78 is 30.1. The monoisotopic (exact) mass is 302 g/mol. The molecular weight excluding hydrogens is 276 g/mol. The molecule has 116 valence electrons. The van der Waals surface area contributed by atoms with Crippen LogP contribution in [0.25, 0.3) is 0 Å². The lowest BCUT2D eigenvalue weighted by Gasteiger charge is -2.38. The van der Waals surface area contributed by atoms with Crippen LogP contribution in [-0.4, -0.2) is 51.9 Å². The van der Waals surface area contributed by atoms with E-state index in [1.54, 1.807) is 7.11 Å². The SMILES string of the molecule is CC[Si]1(CC)CC2O[C@@H](OC)C3OC(C)(C)OC3[C@H]2O1. The van der Waals surface area contributed by atoms with Crippen molar-refractivity contribution in [1.29, 1.82) is 0 Å². The molecule has 0 saturated carbocycles. The molecule has 5 nitrogen and oxygen atoms in total. The van der Waals surface area contributed by atoms with Gasteiger partial charge in [-0.05, 0) is 32.0 Å². The zero-order valence-corrected chi connectivity index (χ0v) is 14.0. The highest BCUT2D eigenvalue weighted by molar-refractivity contribution is 6.74. The van der Waals surface area contributed by atoms with Crippen LogP contribution in [0.15, 0.2) is 0 Å². The summed E-state index contributed by atoms with van der Waals surface area (Å²) in [6.45, 7) is 8.33. The Balaban J connectivity index is 1.85. The van der Waals surface area contributed by atoms with E-state index in [0.29, 0.717) is 0 Å². The average molecular weight is 302 g/mol. The van der Waals surface area contributed by atoms with E-state index in [9.17, 15) is 0 Å². The van der Waals surface area contributed by atoms with Crippen molar-refractivity contribution in [2.24, 2.45) is 0 Å². The first kappa shape index (κ1) is 14.9. The number of fused-ring (bicyclic) bond motifs is 3. The Bertz CT molecular complexity index is 371. The molecule has 3 heterocycles. The van der Waals surface area contributed by atoms with E-state index in [0.717, 1.165) is 18.1 Å². The fourth-order valence-electron chi connectivity index (χ4n) is 3.73. The topological polar surface area (TPSA) is 46.2 Å². The Labute approximate surface area is 122 Å². The van der Waals surface area contributed by atoms with Gasteiger partial charge in [0.15, 0.2) is 20.4 Å². The molecule has 3 fully saturated rings. The molecule has 5 atom stereocenters. The molecule has 3 rings (SSSR count). The molecule has 0 spiro atoms. The van der Waals surface area contributed by atoms with Crippen molar-refractivity contribution in [1.82, 2.24) is 0 Å². The summed E-state index contributed by atoms with van der Waals surface area (Å²) in [5.74, 6) is -0.598. The van der Waals surface area contributed by atoms with Gasteiger partial charge in [0.05, 0.1) is 6.10 Å². The maximum atomic E-state index is 6.50. The summed E-state index contributed by atoms with van der Waals surface area (Å²) in [6.07, 6.45) is -0.550. The largest absolute Gasteiger partial charge is 0.408 e. The molecule has 0 aromatic carbocycles. The molecule has 0 amide bonds. The summed E-state index contributed by atoms with van der Waals surface area (Å²) in [5, 5.41) is 0. The van der Waals surface area contributed by atoms with E-state index < -0.39 is 14.1 Å². The molecule has 0 aromatic rings. The first-order chi connectivity index (χ1) is 9.43. The highest BCUT2D eigenvalue weighted by Crippen LogP contribution is 2.46. The second-order valence-electron chi connectivity index (χ2n) is 6.52. The molecule has 3 saturated heterocycles. The van der Waals surface area contributed by atoms with Gasteiger partial charge in [-0.25, -0.2) is 0 Å². The van der Waals surface area contributed by atoms with Crippen LogP contribution < -0.4 is 0 Å². The van der Waals surface area contributed by atoms with Gasteiger partial charge in [0.1, 0.15) is 18.3 Å². The fraction of sp³-hybridized carbons (Fsp3) is 1.00. The van der Waals surface area contributed by atoms with Gasteiger partial charge in [-0.1, -0.05) is 13.8 Å². The number of hydrogen-bond donors (Lipinski definition) is 0. The van der Waals surface area contributed by atoms with Crippen LogP contribution in [-0.2, 0) is 23.4 Å². The van der Waals surface area contributed by atoms with E-state index in [-0.39, 0.29) is 30.7 Å². The van der Waals surface area contributed by atoms with Crippen molar-refractivity contribution in [2.75, 3.05) is 7.11 Å². The van der Waals surface area contributed by atoms with Crippen LogP contribution in [0, 0.1) is 0 Å². The van der Waals surface area contributed by atoms with Crippen molar-refractivity contribution in [2.45, 2.75) is 82.3 Å². The Hall–Kier alpha value is 0.0169. The number of methoxy groups -OCH3 is 1. The molecule has 0 aliphatic carbocycles. The lowest BCUT2D eigenvalue weighted by Crippen LogP contribution is -2.55. The number of rotatable bonds is 3. The predicted octanol–water partition coefficient (Wildman–Crippen LogP) is 2.26. The van der Waals surface area contributed by atoms with Gasteiger partial charge in [-0.3, -0.25) is 0 Å². The minimum atomic E-state index is -1.67. The third kappa shape index (κ3) is 2.26. The quantitative estimate of drug-likeness (QED) is 0.748. The van der Waals surface area contributed by atoms with E-state index >= 15 is 0 Å². The van der Waals surface area contributed by atoms with Crippen molar-refractivity contribution in [3.63, 3.8) is 0 Å². The van der Waals surface area contributed by atoms with Gasteiger partial charge in [-0.15, -0.1) is 0 Å². The third-order valence-corrected chi connectivity index (χ3v) is 9.41. The zero-order valence-electron chi connectivity index (χ0n) is 13.0.